The van der Waals surface area contributed by atoms with Gasteiger partial charge in [-0.3, -0.25) is 4.79 Å². The fraction of sp³-hybridized carbons (Fsp3) is 0.583. The molecule has 1 atom stereocenters. The normalized spacial score (nSPS) is 12.8. The highest BCUT2D eigenvalue weighted by molar-refractivity contribution is 7.13. The van der Waals surface area contributed by atoms with E-state index in [1.165, 1.54) is 17.5 Å². The minimum atomic E-state index is -1.02. The van der Waals surface area contributed by atoms with Crippen molar-refractivity contribution in [2.75, 3.05) is 0 Å². The van der Waals surface area contributed by atoms with Crippen molar-refractivity contribution in [2.24, 2.45) is 5.92 Å². The quantitative estimate of drug-likeness (QED) is 0.858. The lowest BCUT2D eigenvalue weighted by atomic mass is 10.0. The van der Waals surface area contributed by atoms with Crippen LogP contribution in [0.3, 0.4) is 0 Å². The van der Waals surface area contributed by atoms with Gasteiger partial charge in [-0.25, -0.2) is 9.78 Å². The van der Waals surface area contributed by atoms with Gasteiger partial charge in [-0.05, 0) is 5.92 Å². The summed E-state index contributed by atoms with van der Waals surface area (Å²) in [6.07, 6.45) is 1.49. The van der Waals surface area contributed by atoms with Crippen LogP contribution in [0.1, 0.15) is 48.3 Å². The largest absolute Gasteiger partial charge is 0.480 e. The van der Waals surface area contributed by atoms with Crippen LogP contribution in [0.15, 0.2) is 6.20 Å². The summed E-state index contributed by atoms with van der Waals surface area (Å²) in [5.74, 6) is -1.30. The van der Waals surface area contributed by atoms with Gasteiger partial charge >= 0.3 is 5.97 Å². The van der Waals surface area contributed by atoms with Crippen LogP contribution in [0.4, 0.5) is 0 Å². The standard InChI is InChI=1S/C12H18N2O3S/c1-6(2)9(12(16)17)14-10(15)8-5-13-11(18-8)7(3)4/h5-7,9H,1-4H3,(H,14,15)(H,16,17)/t9-/m0/s1. The van der Waals surface area contributed by atoms with E-state index in [1.54, 1.807) is 13.8 Å². The molecule has 2 N–H and O–H groups in total. The Kier molecular flexibility index (Phi) is 4.84. The van der Waals surface area contributed by atoms with E-state index in [4.69, 9.17) is 5.11 Å². The average molecular weight is 270 g/mol. The van der Waals surface area contributed by atoms with Gasteiger partial charge in [0.2, 0.25) is 0 Å². The van der Waals surface area contributed by atoms with Gasteiger partial charge in [0.25, 0.3) is 5.91 Å². The van der Waals surface area contributed by atoms with Gasteiger partial charge in [0, 0.05) is 5.92 Å². The van der Waals surface area contributed by atoms with E-state index >= 15 is 0 Å². The lowest BCUT2D eigenvalue weighted by Crippen LogP contribution is -2.44. The maximum Gasteiger partial charge on any atom is 0.326 e. The Labute approximate surface area is 110 Å². The van der Waals surface area contributed by atoms with Crippen molar-refractivity contribution in [1.82, 2.24) is 10.3 Å². The molecule has 18 heavy (non-hydrogen) atoms. The van der Waals surface area contributed by atoms with E-state index in [0.29, 0.717) is 4.88 Å². The first-order valence-electron chi connectivity index (χ1n) is 5.82. The first-order valence-corrected chi connectivity index (χ1v) is 6.64. The molecule has 0 aliphatic heterocycles. The third kappa shape index (κ3) is 3.53. The average Bonchev–Trinajstić information content (AvgIpc) is 2.73. The molecule has 100 valence electrons. The number of carboxylic acids is 1. The predicted molar refractivity (Wildman–Crippen MR) is 69.9 cm³/mol. The SMILES string of the molecule is CC(C)c1ncc(C(=O)N[C@H](C(=O)O)C(C)C)s1. The van der Waals surface area contributed by atoms with Crippen LogP contribution in [0.5, 0.6) is 0 Å². The maximum absolute atomic E-state index is 11.9. The van der Waals surface area contributed by atoms with E-state index in [2.05, 4.69) is 10.3 Å². The van der Waals surface area contributed by atoms with Crippen molar-refractivity contribution >= 4 is 23.2 Å². The van der Waals surface area contributed by atoms with Crippen molar-refractivity contribution in [2.45, 2.75) is 39.7 Å². The third-order valence-corrected chi connectivity index (χ3v) is 3.76. The molecule has 0 aromatic carbocycles. The predicted octanol–water partition coefficient (Wildman–Crippen LogP) is 2.11. The number of carbonyl (C=O) groups is 2. The number of aliphatic carboxylic acids is 1. The Balaban J connectivity index is 2.77. The summed E-state index contributed by atoms with van der Waals surface area (Å²) >= 11 is 1.30. The minimum absolute atomic E-state index is 0.163. The zero-order chi connectivity index (χ0) is 13.9. The molecule has 1 aromatic heterocycles. The molecule has 1 rings (SSSR count). The summed E-state index contributed by atoms with van der Waals surface area (Å²) < 4.78 is 0. The molecule has 5 nitrogen and oxygen atoms in total. The minimum Gasteiger partial charge on any atom is -0.480 e. The second-order valence-electron chi connectivity index (χ2n) is 4.75. The molecular formula is C12H18N2O3S. The number of aromatic nitrogens is 1. The van der Waals surface area contributed by atoms with Crippen molar-refractivity contribution < 1.29 is 14.7 Å². The molecule has 0 fully saturated rings. The number of carbonyl (C=O) groups excluding carboxylic acids is 1. The number of rotatable bonds is 5. The highest BCUT2D eigenvalue weighted by Crippen LogP contribution is 2.21. The summed E-state index contributed by atoms with van der Waals surface area (Å²) in [7, 11) is 0. The van der Waals surface area contributed by atoms with Gasteiger partial charge in [-0.2, -0.15) is 0 Å². The zero-order valence-electron chi connectivity index (χ0n) is 10.9. The van der Waals surface area contributed by atoms with Crippen molar-refractivity contribution in [3.8, 4) is 0 Å². The monoisotopic (exact) mass is 270 g/mol. The molecule has 0 bridgehead atoms. The van der Waals surface area contributed by atoms with Gasteiger partial charge in [-0.15, -0.1) is 11.3 Å². The number of hydrogen-bond acceptors (Lipinski definition) is 4. The zero-order valence-corrected chi connectivity index (χ0v) is 11.7. The van der Waals surface area contributed by atoms with E-state index in [0.717, 1.165) is 5.01 Å². The van der Waals surface area contributed by atoms with Crippen LogP contribution in [-0.2, 0) is 4.79 Å². The first-order chi connectivity index (χ1) is 8.32. The number of amides is 1. The van der Waals surface area contributed by atoms with Crippen molar-refractivity contribution in [3.63, 3.8) is 0 Å². The lowest BCUT2D eigenvalue weighted by molar-refractivity contribution is -0.140. The van der Waals surface area contributed by atoms with Crippen LogP contribution >= 0.6 is 11.3 Å². The third-order valence-electron chi connectivity index (χ3n) is 2.46. The van der Waals surface area contributed by atoms with Gasteiger partial charge in [0.05, 0.1) is 11.2 Å². The van der Waals surface area contributed by atoms with Gasteiger partial charge in [0.1, 0.15) is 10.9 Å². The fourth-order valence-electron chi connectivity index (χ4n) is 1.39. The second-order valence-corrected chi connectivity index (χ2v) is 5.81. The van der Waals surface area contributed by atoms with Crippen LogP contribution in [0.2, 0.25) is 0 Å². The Hall–Kier alpha value is -1.43. The number of hydrogen-bond donors (Lipinski definition) is 2. The fourth-order valence-corrected chi connectivity index (χ4v) is 2.21. The number of nitrogens with one attached hydrogen (secondary N) is 1. The molecule has 1 amide bonds. The molecule has 0 aliphatic rings. The molecule has 1 aromatic rings. The summed E-state index contributed by atoms with van der Waals surface area (Å²) in [5.41, 5.74) is 0. The molecule has 0 aliphatic carbocycles. The van der Waals surface area contributed by atoms with Gasteiger partial charge in [-0.1, -0.05) is 27.7 Å². The number of thiazole rings is 1. The highest BCUT2D eigenvalue weighted by Gasteiger charge is 2.24. The molecule has 0 spiro atoms. The number of nitrogens with zero attached hydrogens (tertiary/aromatic N) is 1. The molecule has 0 radical (unpaired) electrons. The molecule has 1 heterocycles. The van der Waals surface area contributed by atoms with Gasteiger partial charge in [0.15, 0.2) is 0 Å². The van der Waals surface area contributed by atoms with Crippen molar-refractivity contribution in [1.29, 1.82) is 0 Å². The van der Waals surface area contributed by atoms with E-state index in [9.17, 15) is 9.59 Å². The maximum atomic E-state index is 11.9. The smallest absolute Gasteiger partial charge is 0.326 e. The van der Waals surface area contributed by atoms with Crippen LogP contribution < -0.4 is 5.32 Å². The topological polar surface area (TPSA) is 79.3 Å². The highest BCUT2D eigenvalue weighted by atomic mass is 32.1. The Bertz CT molecular complexity index is 440. The summed E-state index contributed by atoms with van der Waals surface area (Å²) in [4.78, 5) is 27.5. The molecule has 0 unspecified atom stereocenters. The van der Waals surface area contributed by atoms with Crippen LogP contribution in [0, 0.1) is 5.92 Å². The van der Waals surface area contributed by atoms with Crippen LogP contribution in [0.25, 0.3) is 0 Å². The summed E-state index contributed by atoms with van der Waals surface area (Å²) in [6, 6.07) is -0.873. The lowest BCUT2D eigenvalue weighted by Gasteiger charge is -2.17. The molecule has 0 saturated carbocycles. The Morgan fingerprint density at radius 3 is 2.33 bits per heavy atom. The van der Waals surface area contributed by atoms with E-state index in [1.807, 2.05) is 13.8 Å². The Morgan fingerprint density at radius 2 is 1.94 bits per heavy atom. The van der Waals surface area contributed by atoms with Crippen molar-refractivity contribution in [3.05, 3.63) is 16.1 Å². The molecule has 6 heteroatoms. The van der Waals surface area contributed by atoms with Gasteiger partial charge < -0.3 is 10.4 Å². The Morgan fingerprint density at radius 1 is 1.33 bits per heavy atom. The molecule has 0 saturated heterocycles. The number of carboxylic acid groups (broad SMARTS) is 1. The second kappa shape index (κ2) is 5.95. The summed E-state index contributed by atoms with van der Waals surface area (Å²) in [6.45, 7) is 7.50. The van der Waals surface area contributed by atoms with E-state index in [-0.39, 0.29) is 17.7 Å². The van der Waals surface area contributed by atoms with Crippen LogP contribution in [-0.4, -0.2) is 28.0 Å². The van der Waals surface area contributed by atoms with E-state index < -0.39 is 12.0 Å². The first kappa shape index (κ1) is 14.6. The molecular weight excluding hydrogens is 252 g/mol. The summed E-state index contributed by atoms with van der Waals surface area (Å²) in [5, 5.41) is 12.4.